The molecule has 2 rings (SSSR count). The Morgan fingerprint density at radius 3 is 3.14 bits per heavy atom. The molecule has 14 heavy (non-hydrogen) atoms. The zero-order valence-corrected chi connectivity index (χ0v) is 8.74. The van der Waals surface area contributed by atoms with E-state index in [0.29, 0.717) is 4.88 Å². The van der Waals surface area contributed by atoms with Crippen molar-refractivity contribution in [1.29, 1.82) is 5.26 Å². The molecular weight excluding hydrogens is 216 g/mol. The highest BCUT2D eigenvalue weighted by molar-refractivity contribution is 7.24. The Morgan fingerprint density at radius 2 is 2.43 bits per heavy atom. The lowest BCUT2D eigenvalue weighted by Crippen LogP contribution is -2.22. The van der Waals surface area contributed by atoms with Gasteiger partial charge < -0.3 is 5.32 Å². The molecule has 0 atom stereocenters. The fourth-order valence-electron chi connectivity index (χ4n) is 1.09. The highest BCUT2D eigenvalue weighted by Gasteiger charge is 2.09. The fraction of sp³-hybridized carbons (Fsp3) is 0.111. The van der Waals surface area contributed by atoms with Gasteiger partial charge in [0.25, 0.3) is 5.91 Å². The Labute approximate surface area is 88.6 Å². The number of hydrogen-bond donors (Lipinski definition) is 1. The van der Waals surface area contributed by atoms with Crippen molar-refractivity contribution in [2.75, 3.05) is 6.54 Å². The second kappa shape index (κ2) is 3.78. The maximum absolute atomic E-state index is 11.4. The van der Waals surface area contributed by atoms with E-state index in [1.807, 2.05) is 22.9 Å². The predicted molar refractivity (Wildman–Crippen MR) is 57.6 cm³/mol. The van der Waals surface area contributed by atoms with E-state index in [0.717, 1.165) is 10.1 Å². The first-order valence-corrected chi connectivity index (χ1v) is 5.68. The quantitative estimate of drug-likeness (QED) is 0.792. The maximum Gasteiger partial charge on any atom is 0.262 e. The third-order valence-electron chi connectivity index (χ3n) is 1.71. The van der Waals surface area contributed by atoms with E-state index in [1.54, 1.807) is 11.3 Å². The summed E-state index contributed by atoms with van der Waals surface area (Å²) >= 11 is 3.08. The van der Waals surface area contributed by atoms with Crippen LogP contribution >= 0.6 is 22.7 Å². The Balaban J connectivity index is 2.23. The van der Waals surface area contributed by atoms with Crippen molar-refractivity contribution < 1.29 is 4.79 Å². The number of fused-ring (bicyclic) bond motifs is 1. The van der Waals surface area contributed by atoms with Crippen molar-refractivity contribution in [3.8, 4) is 6.07 Å². The monoisotopic (exact) mass is 222 g/mol. The minimum absolute atomic E-state index is 0.0591. The van der Waals surface area contributed by atoms with Crippen LogP contribution < -0.4 is 5.32 Å². The lowest BCUT2D eigenvalue weighted by atomic mass is 10.3. The molecule has 2 aromatic rings. The number of rotatable bonds is 2. The van der Waals surface area contributed by atoms with Gasteiger partial charge in [0.15, 0.2) is 0 Å². The number of carbonyl (C=O) groups is 1. The molecular formula is C9H6N2OS2. The maximum atomic E-state index is 11.4. The van der Waals surface area contributed by atoms with Gasteiger partial charge in [0.2, 0.25) is 0 Å². The molecule has 1 amide bonds. The molecule has 3 nitrogen and oxygen atoms in total. The minimum Gasteiger partial charge on any atom is -0.338 e. The molecule has 0 aliphatic carbocycles. The summed E-state index contributed by atoms with van der Waals surface area (Å²) in [4.78, 5) is 12.1. The first-order chi connectivity index (χ1) is 6.81. The number of nitriles is 1. The van der Waals surface area contributed by atoms with Gasteiger partial charge in [0, 0.05) is 15.5 Å². The number of nitrogens with one attached hydrogen (secondary N) is 1. The van der Waals surface area contributed by atoms with E-state index >= 15 is 0 Å². The van der Waals surface area contributed by atoms with Crippen molar-refractivity contribution in [2.24, 2.45) is 0 Å². The summed E-state index contributed by atoms with van der Waals surface area (Å²) < 4.78 is 1.12. The zero-order valence-electron chi connectivity index (χ0n) is 7.11. The highest BCUT2D eigenvalue weighted by Crippen LogP contribution is 2.28. The highest BCUT2D eigenvalue weighted by atomic mass is 32.1. The van der Waals surface area contributed by atoms with Crippen LogP contribution in [0.3, 0.4) is 0 Å². The van der Waals surface area contributed by atoms with E-state index in [9.17, 15) is 4.79 Å². The molecule has 2 aromatic heterocycles. The van der Waals surface area contributed by atoms with E-state index in [-0.39, 0.29) is 12.5 Å². The standard InChI is InChI=1S/C9H6N2OS2/c10-1-2-11-9(12)7-3-6-4-13-5-8(6)14-7/h3-5H,2H2,(H,11,12). The van der Waals surface area contributed by atoms with Crippen LogP contribution in [0, 0.1) is 11.3 Å². The SMILES string of the molecule is N#CCNC(=O)c1cc2cscc2s1. The number of amides is 1. The van der Waals surface area contributed by atoms with Gasteiger partial charge in [-0.25, -0.2) is 0 Å². The van der Waals surface area contributed by atoms with Gasteiger partial charge >= 0.3 is 0 Å². The van der Waals surface area contributed by atoms with Crippen molar-refractivity contribution in [1.82, 2.24) is 5.32 Å². The summed E-state index contributed by atoms with van der Waals surface area (Å²) in [5.74, 6) is -0.169. The van der Waals surface area contributed by atoms with Gasteiger partial charge in [-0.2, -0.15) is 16.6 Å². The number of carbonyl (C=O) groups excluding carboxylic acids is 1. The second-order valence-electron chi connectivity index (χ2n) is 2.64. The van der Waals surface area contributed by atoms with E-state index < -0.39 is 0 Å². The molecule has 0 spiro atoms. The molecule has 70 valence electrons. The molecule has 0 aliphatic heterocycles. The summed E-state index contributed by atoms with van der Waals surface area (Å²) in [6.07, 6.45) is 0. The van der Waals surface area contributed by atoms with Crippen molar-refractivity contribution in [3.63, 3.8) is 0 Å². The van der Waals surface area contributed by atoms with E-state index in [2.05, 4.69) is 5.32 Å². The van der Waals surface area contributed by atoms with Crippen LogP contribution in [0.2, 0.25) is 0 Å². The van der Waals surface area contributed by atoms with Gasteiger partial charge in [-0.3, -0.25) is 4.79 Å². The van der Waals surface area contributed by atoms with Crippen LogP contribution in [0.25, 0.3) is 10.1 Å². The Bertz CT molecular complexity index is 478. The number of hydrogen-bond acceptors (Lipinski definition) is 4. The average molecular weight is 222 g/mol. The van der Waals surface area contributed by atoms with Crippen molar-refractivity contribution in [3.05, 3.63) is 21.7 Å². The van der Waals surface area contributed by atoms with E-state index in [1.165, 1.54) is 11.3 Å². The summed E-state index contributed by atoms with van der Waals surface area (Å²) in [6.45, 7) is 0.0591. The van der Waals surface area contributed by atoms with Gasteiger partial charge in [0.1, 0.15) is 6.54 Å². The summed E-state index contributed by atoms with van der Waals surface area (Å²) in [7, 11) is 0. The largest absolute Gasteiger partial charge is 0.338 e. The second-order valence-corrected chi connectivity index (χ2v) is 4.47. The topological polar surface area (TPSA) is 52.9 Å². The summed E-state index contributed by atoms with van der Waals surface area (Å²) in [5, 5.41) is 15.9. The Morgan fingerprint density at radius 1 is 1.57 bits per heavy atom. The number of nitrogens with zero attached hydrogens (tertiary/aromatic N) is 1. The predicted octanol–water partition coefficient (Wildman–Crippen LogP) is 2.22. The van der Waals surface area contributed by atoms with Gasteiger partial charge in [-0.15, -0.1) is 11.3 Å². The minimum atomic E-state index is -0.169. The molecule has 0 radical (unpaired) electrons. The van der Waals surface area contributed by atoms with Crippen LogP contribution in [0.4, 0.5) is 0 Å². The molecule has 0 saturated heterocycles. The van der Waals surface area contributed by atoms with Crippen LogP contribution in [-0.2, 0) is 0 Å². The summed E-state index contributed by atoms with van der Waals surface area (Å²) in [5.41, 5.74) is 0. The molecule has 5 heteroatoms. The van der Waals surface area contributed by atoms with Crippen LogP contribution in [0.5, 0.6) is 0 Å². The molecule has 0 aromatic carbocycles. The third kappa shape index (κ3) is 1.62. The molecule has 0 aliphatic rings. The van der Waals surface area contributed by atoms with Crippen molar-refractivity contribution >= 4 is 38.7 Å². The fourth-order valence-corrected chi connectivity index (χ4v) is 3.02. The van der Waals surface area contributed by atoms with Gasteiger partial charge in [-0.05, 0) is 11.4 Å². The molecule has 0 unspecified atom stereocenters. The van der Waals surface area contributed by atoms with Gasteiger partial charge in [0.05, 0.1) is 10.9 Å². The zero-order chi connectivity index (χ0) is 9.97. The number of thiophene rings is 2. The van der Waals surface area contributed by atoms with Crippen molar-refractivity contribution in [2.45, 2.75) is 0 Å². The van der Waals surface area contributed by atoms with Crippen LogP contribution in [-0.4, -0.2) is 12.5 Å². The Hall–Kier alpha value is -1.38. The molecule has 1 N–H and O–H groups in total. The molecule has 0 fully saturated rings. The molecule has 0 bridgehead atoms. The first-order valence-electron chi connectivity index (χ1n) is 3.92. The molecule has 0 saturated carbocycles. The lowest BCUT2D eigenvalue weighted by molar-refractivity contribution is 0.0962. The third-order valence-corrected chi connectivity index (χ3v) is 3.72. The lowest BCUT2D eigenvalue weighted by Gasteiger charge is -1.94. The smallest absolute Gasteiger partial charge is 0.262 e. The Kier molecular flexibility index (Phi) is 2.48. The van der Waals surface area contributed by atoms with E-state index in [4.69, 9.17) is 5.26 Å². The molecule has 2 heterocycles. The normalized spacial score (nSPS) is 9.93. The first kappa shape index (κ1) is 9.19. The van der Waals surface area contributed by atoms with Gasteiger partial charge in [-0.1, -0.05) is 0 Å². The average Bonchev–Trinajstić information content (AvgIpc) is 2.72. The van der Waals surface area contributed by atoms with Crippen LogP contribution in [0.15, 0.2) is 16.8 Å². The summed E-state index contributed by atoms with van der Waals surface area (Å²) in [6, 6.07) is 3.72. The van der Waals surface area contributed by atoms with Crippen LogP contribution in [0.1, 0.15) is 9.67 Å².